The van der Waals surface area contributed by atoms with Crippen LogP contribution in [0.3, 0.4) is 0 Å². The van der Waals surface area contributed by atoms with Crippen molar-refractivity contribution in [3.05, 3.63) is 34.2 Å². The highest BCUT2D eigenvalue weighted by Crippen LogP contribution is 2.33. The highest BCUT2D eigenvalue weighted by Gasteiger charge is 2.14. The van der Waals surface area contributed by atoms with Gasteiger partial charge in [-0.1, -0.05) is 25.4 Å². The third-order valence-corrected chi connectivity index (χ3v) is 3.16. The lowest BCUT2D eigenvalue weighted by Gasteiger charge is -2.15. The molecule has 0 saturated heterocycles. The summed E-state index contributed by atoms with van der Waals surface area (Å²) >= 11 is 5.77. The molecule has 0 radical (unpaired) electrons. The first-order chi connectivity index (χ1) is 7.91. The fraction of sp³-hybridized carbons (Fsp3) is 0.308. The van der Waals surface area contributed by atoms with Crippen LogP contribution in [-0.2, 0) is 0 Å². The molecule has 0 fully saturated rings. The van der Waals surface area contributed by atoms with Crippen molar-refractivity contribution in [3.8, 4) is 0 Å². The average Bonchev–Trinajstić information content (AvgIpc) is 2.21. The topological polar surface area (TPSA) is 38.9 Å². The fourth-order valence-corrected chi connectivity index (χ4v) is 2.32. The molecule has 0 atom stereocenters. The van der Waals surface area contributed by atoms with Crippen LogP contribution in [0.2, 0.25) is 5.02 Å². The highest BCUT2D eigenvalue weighted by atomic mass is 35.5. The summed E-state index contributed by atoms with van der Waals surface area (Å²) in [6.07, 6.45) is 0. The number of pyridine rings is 1. The Kier molecular flexibility index (Phi) is 2.96. The standard InChI is InChI=1S/C13H14ClFN2/c1-6(2)12-7(3)17-11-5-10(15)9(14)4-8(11)13(12)16/h4-6H,1-3H3,(H2,16,17). The summed E-state index contributed by atoms with van der Waals surface area (Å²) in [5.74, 6) is -0.196. The number of hydrogen-bond donors (Lipinski definition) is 1. The van der Waals surface area contributed by atoms with Gasteiger partial charge in [0, 0.05) is 22.8 Å². The molecule has 0 aliphatic carbocycles. The lowest BCUT2D eigenvalue weighted by molar-refractivity contribution is 0.630. The molecular weight excluding hydrogens is 239 g/mol. The lowest BCUT2D eigenvalue weighted by atomic mass is 9.97. The normalized spacial score (nSPS) is 11.4. The van der Waals surface area contributed by atoms with Crippen LogP contribution in [0.5, 0.6) is 0 Å². The Bertz CT molecular complexity index is 594. The zero-order chi connectivity index (χ0) is 12.7. The van der Waals surface area contributed by atoms with Crippen molar-refractivity contribution < 1.29 is 4.39 Å². The first kappa shape index (κ1) is 12.1. The quantitative estimate of drug-likeness (QED) is 0.832. The molecule has 2 N–H and O–H groups in total. The monoisotopic (exact) mass is 252 g/mol. The van der Waals surface area contributed by atoms with Gasteiger partial charge in [0.25, 0.3) is 0 Å². The number of halogens is 2. The molecule has 1 aromatic heterocycles. The molecule has 0 aliphatic heterocycles. The van der Waals surface area contributed by atoms with Crippen molar-refractivity contribution in [2.45, 2.75) is 26.7 Å². The minimum absolute atomic E-state index is 0.0737. The van der Waals surface area contributed by atoms with Gasteiger partial charge in [-0.2, -0.15) is 0 Å². The van der Waals surface area contributed by atoms with E-state index in [0.717, 1.165) is 11.3 Å². The van der Waals surface area contributed by atoms with Crippen molar-refractivity contribution >= 4 is 28.2 Å². The van der Waals surface area contributed by atoms with E-state index in [-0.39, 0.29) is 10.9 Å². The number of rotatable bonds is 1. The molecule has 17 heavy (non-hydrogen) atoms. The second kappa shape index (κ2) is 4.15. The van der Waals surface area contributed by atoms with Crippen LogP contribution in [-0.4, -0.2) is 4.98 Å². The third kappa shape index (κ3) is 1.95. The van der Waals surface area contributed by atoms with E-state index in [2.05, 4.69) is 18.8 Å². The van der Waals surface area contributed by atoms with Gasteiger partial charge in [-0.15, -0.1) is 0 Å². The highest BCUT2D eigenvalue weighted by molar-refractivity contribution is 6.31. The van der Waals surface area contributed by atoms with Crippen molar-refractivity contribution in [3.63, 3.8) is 0 Å². The van der Waals surface area contributed by atoms with Crippen molar-refractivity contribution in [2.24, 2.45) is 0 Å². The van der Waals surface area contributed by atoms with Crippen LogP contribution in [0.15, 0.2) is 12.1 Å². The molecule has 0 unspecified atom stereocenters. The van der Waals surface area contributed by atoms with E-state index in [4.69, 9.17) is 17.3 Å². The second-order valence-corrected chi connectivity index (χ2v) is 4.87. The molecule has 2 aromatic rings. The first-order valence-corrected chi connectivity index (χ1v) is 5.84. The van der Waals surface area contributed by atoms with E-state index in [0.29, 0.717) is 16.6 Å². The van der Waals surface area contributed by atoms with Crippen LogP contribution in [0, 0.1) is 12.7 Å². The summed E-state index contributed by atoms with van der Waals surface area (Å²) in [5, 5.41) is 0.787. The van der Waals surface area contributed by atoms with Gasteiger partial charge < -0.3 is 5.73 Å². The summed E-state index contributed by atoms with van der Waals surface area (Å²) < 4.78 is 13.4. The summed E-state index contributed by atoms with van der Waals surface area (Å²) in [6, 6.07) is 2.87. The van der Waals surface area contributed by atoms with E-state index in [9.17, 15) is 4.39 Å². The smallest absolute Gasteiger partial charge is 0.143 e. The van der Waals surface area contributed by atoms with Crippen molar-refractivity contribution in [1.82, 2.24) is 4.98 Å². The predicted octanol–water partition coefficient (Wildman–Crippen LogP) is 4.04. The molecule has 1 heterocycles. The molecule has 90 valence electrons. The Morgan fingerprint density at radius 1 is 1.35 bits per heavy atom. The molecular formula is C13H14ClFN2. The largest absolute Gasteiger partial charge is 0.398 e. The molecule has 0 bridgehead atoms. The summed E-state index contributed by atoms with van der Waals surface area (Å²) in [4.78, 5) is 4.38. The fourth-order valence-electron chi connectivity index (χ4n) is 2.15. The average molecular weight is 253 g/mol. The lowest BCUT2D eigenvalue weighted by Crippen LogP contribution is -2.03. The van der Waals surface area contributed by atoms with Crippen LogP contribution in [0.4, 0.5) is 10.1 Å². The van der Waals surface area contributed by atoms with Gasteiger partial charge >= 0.3 is 0 Å². The Morgan fingerprint density at radius 3 is 2.59 bits per heavy atom. The summed E-state index contributed by atoms with van der Waals surface area (Å²) in [5.41, 5.74) is 9.15. The third-order valence-electron chi connectivity index (χ3n) is 2.87. The number of benzene rings is 1. The van der Waals surface area contributed by atoms with E-state index in [1.165, 1.54) is 6.07 Å². The minimum Gasteiger partial charge on any atom is -0.398 e. The van der Waals surface area contributed by atoms with Crippen molar-refractivity contribution in [1.29, 1.82) is 0 Å². The number of anilines is 1. The van der Waals surface area contributed by atoms with Gasteiger partial charge in [0.15, 0.2) is 0 Å². The maximum atomic E-state index is 13.4. The predicted molar refractivity (Wildman–Crippen MR) is 69.9 cm³/mol. The van der Waals surface area contributed by atoms with Crippen LogP contribution < -0.4 is 5.73 Å². The molecule has 0 amide bonds. The van der Waals surface area contributed by atoms with Gasteiger partial charge in [-0.3, -0.25) is 4.98 Å². The Labute approximate surface area is 105 Å². The number of fused-ring (bicyclic) bond motifs is 1. The summed E-state index contributed by atoms with van der Waals surface area (Å²) in [6.45, 7) is 5.99. The van der Waals surface area contributed by atoms with Gasteiger partial charge in [-0.05, 0) is 24.5 Å². The Balaban J connectivity index is 2.87. The van der Waals surface area contributed by atoms with Crippen molar-refractivity contribution in [2.75, 3.05) is 5.73 Å². The first-order valence-electron chi connectivity index (χ1n) is 5.46. The number of hydrogen-bond acceptors (Lipinski definition) is 2. The number of nitrogens with two attached hydrogens (primary N) is 1. The maximum absolute atomic E-state index is 13.4. The molecule has 0 spiro atoms. The molecule has 4 heteroatoms. The van der Waals surface area contributed by atoms with E-state index < -0.39 is 5.82 Å². The number of aromatic nitrogens is 1. The molecule has 1 aromatic carbocycles. The van der Waals surface area contributed by atoms with E-state index >= 15 is 0 Å². The number of nitrogen functional groups attached to an aromatic ring is 1. The Morgan fingerprint density at radius 2 is 2.00 bits per heavy atom. The van der Waals surface area contributed by atoms with Gasteiger partial charge in [0.05, 0.1) is 10.5 Å². The van der Waals surface area contributed by atoms with Crippen LogP contribution in [0.25, 0.3) is 10.9 Å². The maximum Gasteiger partial charge on any atom is 0.143 e. The molecule has 2 rings (SSSR count). The second-order valence-electron chi connectivity index (χ2n) is 4.46. The number of nitrogens with zero attached hydrogens (tertiary/aromatic N) is 1. The molecule has 2 nitrogen and oxygen atoms in total. The summed E-state index contributed by atoms with van der Waals surface area (Å²) in [7, 11) is 0. The van der Waals surface area contributed by atoms with Gasteiger partial charge in [-0.25, -0.2) is 4.39 Å². The zero-order valence-electron chi connectivity index (χ0n) is 10.0. The van der Waals surface area contributed by atoms with Crippen LogP contribution >= 0.6 is 11.6 Å². The van der Waals surface area contributed by atoms with Crippen LogP contribution in [0.1, 0.15) is 31.0 Å². The Hall–Kier alpha value is -1.35. The zero-order valence-corrected chi connectivity index (χ0v) is 10.8. The van der Waals surface area contributed by atoms with E-state index in [1.807, 2.05) is 6.92 Å². The van der Waals surface area contributed by atoms with E-state index in [1.54, 1.807) is 6.07 Å². The molecule has 0 saturated carbocycles. The number of aryl methyl sites for hydroxylation is 1. The van der Waals surface area contributed by atoms with Gasteiger partial charge in [0.1, 0.15) is 5.82 Å². The van der Waals surface area contributed by atoms with Gasteiger partial charge in [0.2, 0.25) is 0 Å². The molecule has 0 aliphatic rings. The SMILES string of the molecule is Cc1nc2cc(F)c(Cl)cc2c(N)c1C(C)C. The minimum atomic E-state index is -0.470.